The van der Waals surface area contributed by atoms with Crippen molar-refractivity contribution >= 4 is 49.4 Å². The Morgan fingerprint density at radius 2 is 1.93 bits per heavy atom. The van der Waals surface area contributed by atoms with Crippen LogP contribution in [0.2, 0.25) is 0 Å². The van der Waals surface area contributed by atoms with E-state index in [4.69, 9.17) is 0 Å². The van der Waals surface area contributed by atoms with Gasteiger partial charge >= 0.3 is 0 Å². The fourth-order valence-corrected chi connectivity index (χ4v) is 2.20. The molecule has 1 aromatic rings. The van der Waals surface area contributed by atoms with Crippen molar-refractivity contribution in [3.05, 3.63) is 29.8 Å². The van der Waals surface area contributed by atoms with Crippen molar-refractivity contribution in [2.24, 2.45) is 0 Å². The zero-order valence-electron chi connectivity index (χ0n) is 7.67. The number of halogens is 2. The highest BCUT2D eigenvalue weighted by Crippen LogP contribution is 2.20. The van der Waals surface area contributed by atoms with Crippen molar-refractivity contribution in [3.8, 4) is 0 Å². The van der Waals surface area contributed by atoms with Crippen LogP contribution in [-0.2, 0) is 0 Å². The van der Waals surface area contributed by atoms with Gasteiger partial charge in [0.25, 0.3) is 0 Å². The summed E-state index contributed by atoms with van der Waals surface area (Å²) in [6.45, 7) is 2.11. The van der Waals surface area contributed by atoms with Crippen molar-refractivity contribution in [3.63, 3.8) is 0 Å². The molecular weight excluding hydrogens is 328 g/mol. The van der Waals surface area contributed by atoms with Gasteiger partial charge in [-0.05, 0) is 17.9 Å². The van der Waals surface area contributed by atoms with Gasteiger partial charge in [-0.3, -0.25) is 4.79 Å². The number of hydrogen-bond acceptors (Lipinski definition) is 2. The monoisotopic (exact) mass is 336 g/mol. The Balaban J connectivity index is 2.78. The normalized spacial score (nSPS) is 10.6. The summed E-state index contributed by atoms with van der Waals surface area (Å²) in [5.41, 5.74) is 0.726. The van der Waals surface area contributed by atoms with Crippen molar-refractivity contribution in [2.75, 3.05) is 5.75 Å². The minimum Gasteiger partial charge on any atom is -0.292 e. The van der Waals surface area contributed by atoms with Gasteiger partial charge in [0.05, 0.1) is 0 Å². The Morgan fingerprint density at radius 3 is 2.36 bits per heavy atom. The molecule has 0 aliphatic heterocycles. The van der Waals surface area contributed by atoms with E-state index >= 15 is 0 Å². The molecule has 0 aromatic heterocycles. The Hall–Kier alpha value is 0.200. The van der Waals surface area contributed by atoms with Gasteiger partial charge in [0.15, 0.2) is 5.78 Å². The summed E-state index contributed by atoms with van der Waals surface area (Å²) >= 11 is 8.14. The maximum absolute atomic E-state index is 11.5. The Morgan fingerprint density at radius 1 is 1.36 bits per heavy atom. The lowest BCUT2D eigenvalue weighted by molar-refractivity contribution is 0.101. The SMILES string of the molecule is CCSc1ccc(C(=O)C(Br)Br)cc1. The molecule has 0 fully saturated rings. The number of carbonyl (C=O) groups is 1. The first kappa shape index (κ1) is 12.3. The molecule has 0 amide bonds. The van der Waals surface area contributed by atoms with Crippen LogP contribution in [0.25, 0.3) is 0 Å². The zero-order chi connectivity index (χ0) is 10.6. The van der Waals surface area contributed by atoms with Gasteiger partial charge in [0, 0.05) is 10.5 Å². The Bertz CT molecular complexity index is 308. The van der Waals surface area contributed by atoms with E-state index < -0.39 is 0 Å². The largest absolute Gasteiger partial charge is 0.292 e. The number of alkyl halides is 2. The van der Waals surface area contributed by atoms with Gasteiger partial charge in [-0.2, -0.15) is 0 Å². The minimum atomic E-state index is -0.292. The van der Waals surface area contributed by atoms with E-state index in [2.05, 4.69) is 38.8 Å². The van der Waals surface area contributed by atoms with Crippen LogP contribution in [0.15, 0.2) is 29.2 Å². The van der Waals surface area contributed by atoms with E-state index in [9.17, 15) is 4.79 Å². The summed E-state index contributed by atoms with van der Waals surface area (Å²) in [5, 5.41) is 0. The molecule has 0 saturated carbocycles. The van der Waals surface area contributed by atoms with E-state index in [0.717, 1.165) is 11.3 Å². The molecular formula is C10H10Br2OS. The fraction of sp³-hybridized carbons (Fsp3) is 0.300. The van der Waals surface area contributed by atoms with E-state index in [0.29, 0.717) is 0 Å². The summed E-state index contributed by atoms with van der Waals surface area (Å²) in [6.07, 6.45) is 0. The van der Waals surface area contributed by atoms with Crippen LogP contribution < -0.4 is 0 Å². The van der Waals surface area contributed by atoms with Crippen molar-refractivity contribution in [2.45, 2.75) is 15.6 Å². The molecule has 0 unspecified atom stereocenters. The molecule has 1 aromatic carbocycles. The molecule has 14 heavy (non-hydrogen) atoms. The average molecular weight is 338 g/mol. The first-order valence-corrected chi connectivity index (χ1v) is 7.02. The number of rotatable bonds is 4. The zero-order valence-corrected chi connectivity index (χ0v) is 11.7. The van der Waals surface area contributed by atoms with Crippen LogP contribution in [-0.4, -0.2) is 15.3 Å². The summed E-state index contributed by atoms with van der Waals surface area (Å²) in [5.74, 6) is 1.10. The molecule has 0 N–H and O–H groups in total. The molecule has 4 heteroatoms. The number of Topliss-reactive ketones (excluding diaryl/α,β-unsaturated/α-hetero) is 1. The summed E-state index contributed by atoms with van der Waals surface area (Å²) in [4.78, 5) is 12.7. The average Bonchev–Trinajstić information content (AvgIpc) is 2.18. The quantitative estimate of drug-likeness (QED) is 0.467. The van der Waals surface area contributed by atoms with E-state index in [1.54, 1.807) is 11.8 Å². The van der Waals surface area contributed by atoms with Crippen molar-refractivity contribution < 1.29 is 4.79 Å². The lowest BCUT2D eigenvalue weighted by Gasteiger charge is -2.02. The molecule has 0 spiro atoms. The summed E-state index contributed by atoms with van der Waals surface area (Å²) in [6, 6.07) is 7.67. The lowest BCUT2D eigenvalue weighted by atomic mass is 10.2. The predicted octanol–water partition coefficient (Wildman–Crippen LogP) is 4.10. The molecule has 1 rings (SSSR count). The maximum Gasteiger partial charge on any atom is 0.187 e. The number of carbonyl (C=O) groups excluding carboxylic acids is 1. The molecule has 0 aliphatic rings. The minimum absolute atomic E-state index is 0.0537. The number of benzene rings is 1. The Kier molecular flexibility index (Phi) is 5.20. The smallest absolute Gasteiger partial charge is 0.187 e. The topological polar surface area (TPSA) is 17.1 Å². The first-order chi connectivity index (χ1) is 6.65. The highest BCUT2D eigenvalue weighted by Gasteiger charge is 2.12. The van der Waals surface area contributed by atoms with E-state index in [1.165, 1.54) is 4.90 Å². The van der Waals surface area contributed by atoms with Gasteiger partial charge in [-0.25, -0.2) is 0 Å². The Labute approximate surface area is 105 Å². The third-order valence-electron chi connectivity index (χ3n) is 1.65. The number of thioether (sulfide) groups is 1. The molecule has 0 radical (unpaired) electrons. The fourth-order valence-electron chi connectivity index (χ4n) is 1.01. The van der Waals surface area contributed by atoms with Gasteiger partial charge < -0.3 is 0 Å². The number of hydrogen-bond donors (Lipinski definition) is 0. The molecule has 1 nitrogen and oxygen atoms in total. The molecule has 76 valence electrons. The summed E-state index contributed by atoms with van der Waals surface area (Å²) < 4.78 is -0.292. The van der Waals surface area contributed by atoms with Crippen LogP contribution in [0.1, 0.15) is 17.3 Å². The van der Waals surface area contributed by atoms with Crippen LogP contribution in [0, 0.1) is 0 Å². The van der Waals surface area contributed by atoms with Crippen LogP contribution in [0.5, 0.6) is 0 Å². The third kappa shape index (κ3) is 3.41. The second-order valence-electron chi connectivity index (χ2n) is 2.62. The van der Waals surface area contributed by atoms with Crippen LogP contribution in [0.4, 0.5) is 0 Å². The second kappa shape index (κ2) is 5.93. The molecule has 0 heterocycles. The first-order valence-electron chi connectivity index (χ1n) is 4.20. The highest BCUT2D eigenvalue weighted by molar-refractivity contribution is 9.25. The molecule has 0 saturated heterocycles. The van der Waals surface area contributed by atoms with E-state index in [1.807, 2.05) is 24.3 Å². The van der Waals surface area contributed by atoms with E-state index in [-0.39, 0.29) is 9.52 Å². The standard InChI is InChI=1S/C10H10Br2OS/c1-2-14-8-5-3-7(4-6-8)9(13)10(11)12/h3-6,10H,2H2,1H3. The van der Waals surface area contributed by atoms with Gasteiger partial charge in [0.2, 0.25) is 0 Å². The highest BCUT2D eigenvalue weighted by atomic mass is 79.9. The maximum atomic E-state index is 11.5. The van der Waals surface area contributed by atoms with Crippen LogP contribution in [0.3, 0.4) is 0 Å². The van der Waals surface area contributed by atoms with Gasteiger partial charge in [0.1, 0.15) is 3.74 Å². The van der Waals surface area contributed by atoms with Crippen molar-refractivity contribution in [1.82, 2.24) is 0 Å². The van der Waals surface area contributed by atoms with Gasteiger partial charge in [-0.15, -0.1) is 11.8 Å². The van der Waals surface area contributed by atoms with Crippen LogP contribution >= 0.6 is 43.6 Å². The second-order valence-corrected chi connectivity index (χ2v) is 7.02. The predicted molar refractivity (Wildman–Crippen MR) is 68.8 cm³/mol. The lowest BCUT2D eigenvalue weighted by Crippen LogP contribution is -2.06. The third-order valence-corrected chi connectivity index (χ3v) is 3.37. The summed E-state index contributed by atoms with van der Waals surface area (Å²) in [7, 11) is 0. The van der Waals surface area contributed by atoms with Crippen molar-refractivity contribution in [1.29, 1.82) is 0 Å². The molecule has 0 bridgehead atoms. The molecule has 0 aliphatic carbocycles. The molecule has 0 atom stereocenters. The van der Waals surface area contributed by atoms with Gasteiger partial charge in [-0.1, -0.05) is 50.9 Å². The number of ketones is 1.